The molecule has 0 radical (unpaired) electrons. The molecule has 0 spiro atoms. The molecule has 27 heavy (non-hydrogen) atoms. The number of nitrogens with one attached hydrogen (secondary N) is 1. The predicted octanol–water partition coefficient (Wildman–Crippen LogP) is 3.56. The number of aliphatic hydroxyl groups is 1. The third kappa shape index (κ3) is 4.63. The van der Waals surface area contributed by atoms with Crippen molar-refractivity contribution in [2.24, 2.45) is 5.92 Å². The Hall–Kier alpha value is -2.04. The first kappa shape index (κ1) is 19.7. The van der Waals surface area contributed by atoms with Gasteiger partial charge < -0.3 is 19.9 Å². The minimum Gasteiger partial charge on any atom is -0.493 e. The van der Waals surface area contributed by atoms with Gasteiger partial charge in [-0.3, -0.25) is 0 Å². The van der Waals surface area contributed by atoms with Gasteiger partial charge in [0.25, 0.3) is 0 Å². The zero-order valence-corrected chi connectivity index (χ0v) is 16.6. The minimum absolute atomic E-state index is 0.200. The number of hydrogen-bond donors (Lipinski definition) is 2. The lowest BCUT2D eigenvalue weighted by molar-refractivity contribution is 0.204. The lowest BCUT2D eigenvalue weighted by Gasteiger charge is -2.20. The van der Waals surface area contributed by atoms with Crippen molar-refractivity contribution in [3.63, 3.8) is 0 Å². The van der Waals surface area contributed by atoms with Crippen molar-refractivity contribution in [2.45, 2.75) is 38.7 Å². The third-order valence-corrected chi connectivity index (χ3v) is 5.44. The monoisotopic (exact) mass is 369 g/mol. The van der Waals surface area contributed by atoms with Crippen LogP contribution in [0.5, 0.6) is 11.5 Å². The highest BCUT2D eigenvalue weighted by atomic mass is 16.5. The summed E-state index contributed by atoms with van der Waals surface area (Å²) in [6, 6.07) is 15.1. The molecule has 0 aromatic heterocycles. The Morgan fingerprint density at radius 1 is 1.04 bits per heavy atom. The molecule has 4 rings (SSSR count). The van der Waals surface area contributed by atoms with Crippen molar-refractivity contribution in [1.82, 2.24) is 5.32 Å². The summed E-state index contributed by atoms with van der Waals surface area (Å²) >= 11 is 0. The van der Waals surface area contributed by atoms with Gasteiger partial charge in [0.05, 0.1) is 7.11 Å². The Morgan fingerprint density at radius 2 is 1.70 bits per heavy atom. The van der Waals surface area contributed by atoms with E-state index in [4.69, 9.17) is 14.6 Å². The molecule has 1 aliphatic heterocycles. The van der Waals surface area contributed by atoms with Crippen LogP contribution in [-0.2, 0) is 12.8 Å². The number of methoxy groups -OCH3 is 1. The molecule has 146 valence electrons. The first-order valence-corrected chi connectivity index (χ1v) is 9.89. The standard InChI is InChI=1S/C21H25NO2.C2H6O/c1-14-12-22-13-19(14)17-7-8-20(23-2)21(11-17)24-18-9-15-5-3-4-6-16(15)10-18;1-2-3/h3-8,11,14,18-19,22H,9-10,12-13H2,1-2H3;3H,2H2,1H3. The number of rotatable bonds is 4. The molecule has 1 saturated heterocycles. The summed E-state index contributed by atoms with van der Waals surface area (Å²) in [7, 11) is 1.71. The first-order chi connectivity index (χ1) is 13.2. The van der Waals surface area contributed by atoms with Crippen molar-refractivity contribution < 1.29 is 14.6 Å². The fraction of sp³-hybridized carbons (Fsp3) is 0.478. The van der Waals surface area contributed by atoms with Crippen LogP contribution in [0, 0.1) is 5.92 Å². The molecule has 2 unspecified atom stereocenters. The molecule has 2 aromatic rings. The number of hydrogen-bond acceptors (Lipinski definition) is 4. The SMILES string of the molecule is CCO.COc1ccc(C2CNCC2C)cc1OC1Cc2ccccc2C1. The quantitative estimate of drug-likeness (QED) is 0.865. The van der Waals surface area contributed by atoms with Crippen molar-refractivity contribution in [3.05, 3.63) is 59.2 Å². The van der Waals surface area contributed by atoms with E-state index >= 15 is 0 Å². The van der Waals surface area contributed by atoms with Gasteiger partial charge in [0.1, 0.15) is 6.10 Å². The van der Waals surface area contributed by atoms with Crippen LogP contribution in [0.4, 0.5) is 0 Å². The average Bonchev–Trinajstić information content (AvgIpc) is 3.27. The van der Waals surface area contributed by atoms with Crippen LogP contribution in [-0.4, -0.2) is 38.0 Å². The molecule has 2 N–H and O–H groups in total. The molecule has 4 nitrogen and oxygen atoms in total. The zero-order chi connectivity index (χ0) is 19.2. The van der Waals surface area contributed by atoms with E-state index < -0.39 is 0 Å². The van der Waals surface area contributed by atoms with E-state index in [1.54, 1.807) is 14.0 Å². The van der Waals surface area contributed by atoms with Crippen LogP contribution in [0.1, 0.15) is 36.5 Å². The lowest BCUT2D eigenvalue weighted by Crippen LogP contribution is -2.17. The van der Waals surface area contributed by atoms with Crippen LogP contribution in [0.15, 0.2) is 42.5 Å². The molecule has 1 aliphatic carbocycles. The zero-order valence-electron chi connectivity index (χ0n) is 16.6. The van der Waals surface area contributed by atoms with Crippen LogP contribution in [0.2, 0.25) is 0 Å². The average molecular weight is 370 g/mol. The van der Waals surface area contributed by atoms with E-state index in [-0.39, 0.29) is 12.7 Å². The van der Waals surface area contributed by atoms with E-state index in [1.165, 1.54) is 16.7 Å². The summed E-state index contributed by atoms with van der Waals surface area (Å²) in [6.45, 7) is 6.37. The Kier molecular flexibility index (Phi) is 6.75. The second-order valence-electron chi connectivity index (χ2n) is 7.39. The molecule has 0 amide bonds. The normalized spacial score (nSPS) is 21.3. The Labute approximate surface area is 162 Å². The highest BCUT2D eigenvalue weighted by Gasteiger charge is 2.27. The molecular formula is C23H31NO3. The molecule has 2 atom stereocenters. The van der Waals surface area contributed by atoms with E-state index in [2.05, 4.69) is 54.7 Å². The van der Waals surface area contributed by atoms with Crippen molar-refractivity contribution in [1.29, 1.82) is 0 Å². The second-order valence-corrected chi connectivity index (χ2v) is 7.39. The van der Waals surface area contributed by atoms with Gasteiger partial charge in [-0.05, 0) is 48.2 Å². The van der Waals surface area contributed by atoms with Gasteiger partial charge in [-0.2, -0.15) is 0 Å². The molecule has 2 aromatic carbocycles. The molecule has 1 heterocycles. The van der Waals surface area contributed by atoms with Gasteiger partial charge in [0.2, 0.25) is 0 Å². The maximum atomic E-state index is 7.57. The van der Waals surface area contributed by atoms with Crippen LogP contribution < -0.4 is 14.8 Å². The van der Waals surface area contributed by atoms with Crippen molar-refractivity contribution >= 4 is 0 Å². The third-order valence-electron chi connectivity index (χ3n) is 5.44. The van der Waals surface area contributed by atoms with Gasteiger partial charge in [-0.15, -0.1) is 0 Å². The highest BCUT2D eigenvalue weighted by Crippen LogP contribution is 2.36. The fourth-order valence-corrected chi connectivity index (χ4v) is 4.05. The van der Waals surface area contributed by atoms with Crippen LogP contribution in [0.25, 0.3) is 0 Å². The summed E-state index contributed by atoms with van der Waals surface area (Å²) in [5, 5.41) is 11.1. The summed E-state index contributed by atoms with van der Waals surface area (Å²) < 4.78 is 11.9. The molecular weight excluding hydrogens is 338 g/mol. The predicted molar refractivity (Wildman–Crippen MR) is 109 cm³/mol. The summed E-state index contributed by atoms with van der Waals surface area (Å²) in [5.74, 6) is 2.92. The Balaban J connectivity index is 0.000000659. The van der Waals surface area contributed by atoms with Gasteiger partial charge in [0.15, 0.2) is 11.5 Å². The number of fused-ring (bicyclic) bond motifs is 1. The maximum absolute atomic E-state index is 7.57. The topological polar surface area (TPSA) is 50.7 Å². The van der Waals surface area contributed by atoms with Gasteiger partial charge >= 0.3 is 0 Å². The number of ether oxygens (including phenoxy) is 2. The summed E-state index contributed by atoms with van der Waals surface area (Å²) in [5.41, 5.74) is 4.16. The number of benzene rings is 2. The molecule has 0 bridgehead atoms. The minimum atomic E-state index is 0.200. The fourth-order valence-electron chi connectivity index (χ4n) is 4.05. The van der Waals surface area contributed by atoms with Crippen LogP contribution >= 0.6 is 0 Å². The summed E-state index contributed by atoms with van der Waals surface area (Å²) in [6.07, 6.45) is 2.15. The first-order valence-electron chi connectivity index (χ1n) is 9.89. The van der Waals surface area contributed by atoms with E-state index in [9.17, 15) is 0 Å². The number of aliphatic hydroxyl groups excluding tert-OH is 1. The van der Waals surface area contributed by atoms with Gasteiger partial charge in [-0.1, -0.05) is 37.3 Å². The highest BCUT2D eigenvalue weighted by molar-refractivity contribution is 5.45. The van der Waals surface area contributed by atoms with Crippen molar-refractivity contribution in [3.8, 4) is 11.5 Å². The van der Waals surface area contributed by atoms with Gasteiger partial charge in [-0.25, -0.2) is 0 Å². The summed E-state index contributed by atoms with van der Waals surface area (Å²) in [4.78, 5) is 0. The largest absolute Gasteiger partial charge is 0.493 e. The van der Waals surface area contributed by atoms with Crippen molar-refractivity contribution in [2.75, 3.05) is 26.8 Å². The lowest BCUT2D eigenvalue weighted by atomic mass is 9.90. The molecule has 0 saturated carbocycles. The Morgan fingerprint density at radius 3 is 2.26 bits per heavy atom. The van der Waals surface area contributed by atoms with Crippen LogP contribution in [0.3, 0.4) is 0 Å². The van der Waals surface area contributed by atoms with E-state index in [1.807, 2.05) is 0 Å². The molecule has 1 fully saturated rings. The maximum Gasteiger partial charge on any atom is 0.161 e. The molecule has 4 heteroatoms. The van der Waals surface area contributed by atoms with E-state index in [0.717, 1.165) is 37.4 Å². The van der Waals surface area contributed by atoms with Gasteiger partial charge in [0, 0.05) is 31.9 Å². The molecule has 2 aliphatic rings. The Bertz CT molecular complexity index is 721. The smallest absolute Gasteiger partial charge is 0.161 e. The second kappa shape index (κ2) is 9.25. The van der Waals surface area contributed by atoms with E-state index in [0.29, 0.717) is 11.8 Å².